The molecule has 0 radical (unpaired) electrons. The van der Waals surface area contributed by atoms with E-state index < -0.39 is 14.9 Å². The summed E-state index contributed by atoms with van der Waals surface area (Å²) in [7, 11) is -3.95. The average Bonchev–Trinajstić information content (AvgIpc) is 3.01. The Morgan fingerprint density at radius 2 is 1.92 bits per heavy atom. The summed E-state index contributed by atoms with van der Waals surface area (Å²) in [6, 6.07) is 13.4. The van der Waals surface area contributed by atoms with Crippen molar-refractivity contribution in [1.82, 2.24) is 9.78 Å². The number of nitro groups is 1. The molecule has 134 valence electrons. The van der Waals surface area contributed by atoms with Crippen LogP contribution >= 0.6 is 0 Å². The Morgan fingerprint density at radius 1 is 1.19 bits per heavy atom. The molecule has 0 aliphatic carbocycles. The highest BCUT2D eigenvalue weighted by atomic mass is 32.2. The zero-order valence-corrected chi connectivity index (χ0v) is 14.7. The lowest BCUT2D eigenvalue weighted by Crippen LogP contribution is -2.13. The van der Waals surface area contributed by atoms with Crippen LogP contribution in [0.15, 0.2) is 65.8 Å². The first kappa shape index (κ1) is 17.6. The van der Waals surface area contributed by atoms with E-state index in [0.717, 1.165) is 11.6 Å². The van der Waals surface area contributed by atoms with Crippen molar-refractivity contribution < 1.29 is 13.3 Å². The van der Waals surface area contributed by atoms with Gasteiger partial charge in [-0.3, -0.25) is 19.5 Å². The number of hydrogen-bond donors (Lipinski definition) is 1. The van der Waals surface area contributed by atoms with E-state index in [9.17, 15) is 18.5 Å². The molecule has 3 aromatic rings. The van der Waals surface area contributed by atoms with Gasteiger partial charge in [0, 0.05) is 17.8 Å². The first-order valence-electron chi connectivity index (χ1n) is 7.69. The van der Waals surface area contributed by atoms with Gasteiger partial charge in [-0.05, 0) is 18.6 Å². The normalized spacial score (nSPS) is 11.3. The van der Waals surface area contributed by atoms with Crippen LogP contribution in [0.2, 0.25) is 0 Å². The van der Waals surface area contributed by atoms with E-state index in [1.54, 1.807) is 17.8 Å². The van der Waals surface area contributed by atoms with Crippen molar-refractivity contribution in [2.24, 2.45) is 0 Å². The molecule has 8 nitrogen and oxygen atoms in total. The molecule has 0 aliphatic rings. The number of nitrogens with zero attached hydrogens (tertiary/aromatic N) is 3. The Morgan fingerprint density at radius 3 is 2.62 bits per heavy atom. The number of sulfonamides is 1. The smallest absolute Gasteiger partial charge is 0.273 e. The second kappa shape index (κ2) is 6.96. The van der Waals surface area contributed by atoms with Gasteiger partial charge in [0.05, 0.1) is 28.2 Å². The van der Waals surface area contributed by atoms with Crippen LogP contribution in [-0.4, -0.2) is 23.1 Å². The molecule has 0 spiro atoms. The Bertz CT molecular complexity index is 1050. The topological polar surface area (TPSA) is 107 Å². The van der Waals surface area contributed by atoms with E-state index in [0.29, 0.717) is 12.1 Å². The van der Waals surface area contributed by atoms with Crippen molar-refractivity contribution in [3.05, 3.63) is 82.2 Å². The van der Waals surface area contributed by atoms with Gasteiger partial charge < -0.3 is 0 Å². The van der Waals surface area contributed by atoms with Crippen LogP contribution in [0.3, 0.4) is 0 Å². The SMILES string of the molecule is Cc1ccc(S(=O)(=O)Nc2cnn(Cc3ccccc3)c2)cc1[N+](=O)[O-]. The third-order valence-electron chi connectivity index (χ3n) is 3.76. The third-order valence-corrected chi connectivity index (χ3v) is 5.14. The Hall–Kier alpha value is -3.20. The molecular formula is C17H16N4O4S. The van der Waals surface area contributed by atoms with Crippen LogP contribution in [0.4, 0.5) is 11.4 Å². The maximum atomic E-state index is 12.5. The molecule has 9 heteroatoms. The van der Waals surface area contributed by atoms with Crippen molar-refractivity contribution in [3.63, 3.8) is 0 Å². The second-order valence-electron chi connectivity index (χ2n) is 5.72. The molecule has 1 heterocycles. The van der Waals surface area contributed by atoms with Gasteiger partial charge in [-0.1, -0.05) is 36.4 Å². The zero-order chi connectivity index (χ0) is 18.7. The van der Waals surface area contributed by atoms with E-state index in [4.69, 9.17) is 0 Å². The van der Waals surface area contributed by atoms with Crippen molar-refractivity contribution in [1.29, 1.82) is 0 Å². The predicted molar refractivity (Wildman–Crippen MR) is 96.4 cm³/mol. The zero-order valence-electron chi connectivity index (χ0n) is 13.9. The molecule has 0 saturated carbocycles. The second-order valence-corrected chi connectivity index (χ2v) is 7.41. The summed E-state index contributed by atoms with van der Waals surface area (Å²) in [5, 5.41) is 15.1. The molecule has 3 rings (SSSR count). The Labute approximate surface area is 150 Å². The number of nitrogens with one attached hydrogen (secondary N) is 1. The van der Waals surface area contributed by atoms with Gasteiger partial charge in [0.15, 0.2) is 0 Å². The van der Waals surface area contributed by atoms with E-state index in [1.807, 2.05) is 30.3 Å². The van der Waals surface area contributed by atoms with Gasteiger partial charge in [0.25, 0.3) is 15.7 Å². The fourth-order valence-electron chi connectivity index (χ4n) is 2.44. The molecule has 1 N–H and O–H groups in total. The lowest BCUT2D eigenvalue weighted by atomic mass is 10.2. The van der Waals surface area contributed by atoms with Gasteiger partial charge in [0.2, 0.25) is 0 Å². The largest absolute Gasteiger partial charge is 0.276 e. The van der Waals surface area contributed by atoms with E-state index >= 15 is 0 Å². The highest BCUT2D eigenvalue weighted by molar-refractivity contribution is 7.92. The molecular weight excluding hydrogens is 356 g/mol. The minimum Gasteiger partial charge on any atom is -0.276 e. The fourth-order valence-corrected chi connectivity index (χ4v) is 3.49. The van der Waals surface area contributed by atoms with Gasteiger partial charge in [-0.2, -0.15) is 5.10 Å². The predicted octanol–water partition coefficient (Wildman–Crippen LogP) is 2.95. The highest BCUT2D eigenvalue weighted by Gasteiger charge is 2.20. The summed E-state index contributed by atoms with van der Waals surface area (Å²) in [4.78, 5) is 10.2. The van der Waals surface area contributed by atoms with Crippen molar-refractivity contribution in [2.45, 2.75) is 18.4 Å². The third kappa shape index (κ3) is 3.89. The summed E-state index contributed by atoms with van der Waals surface area (Å²) in [5.41, 5.74) is 1.46. The Balaban J connectivity index is 1.80. The fraction of sp³-hybridized carbons (Fsp3) is 0.118. The maximum absolute atomic E-state index is 12.5. The highest BCUT2D eigenvalue weighted by Crippen LogP contribution is 2.23. The lowest BCUT2D eigenvalue weighted by molar-refractivity contribution is -0.385. The molecule has 0 saturated heterocycles. The lowest BCUT2D eigenvalue weighted by Gasteiger charge is -2.07. The Kier molecular flexibility index (Phi) is 4.72. The summed E-state index contributed by atoms with van der Waals surface area (Å²) >= 11 is 0. The monoisotopic (exact) mass is 372 g/mol. The van der Waals surface area contributed by atoms with E-state index in [2.05, 4.69) is 9.82 Å². The summed E-state index contributed by atoms with van der Waals surface area (Å²) in [6.45, 7) is 2.05. The number of aryl methyl sites for hydroxylation is 1. The number of hydrogen-bond acceptors (Lipinski definition) is 5. The molecule has 1 aromatic heterocycles. The van der Waals surface area contributed by atoms with Crippen LogP contribution in [-0.2, 0) is 16.6 Å². The summed E-state index contributed by atoms with van der Waals surface area (Å²) in [5.74, 6) is 0. The first-order chi connectivity index (χ1) is 12.3. The number of anilines is 1. The number of benzene rings is 2. The molecule has 0 aliphatic heterocycles. The van der Waals surface area contributed by atoms with Gasteiger partial charge in [-0.25, -0.2) is 8.42 Å². The van der Waals surface area contributed by atoms with Crippen LogP contribution < -0.4 is 4.72 Å². The molecule has 0 amide bonds. The van der Waals surface area contributed by atoms with Crippen LogP contribution in [0, 0.1) is 17.0 Å². The first-order valence-corrected chi connectivity index (χ1v) is 9.18. The quantitative estimate of drug-likeness (QED) is 0.529. The van der Waals surface area contributed by atoms with Gasteiger partial charge in [0.1, 0.15) is 0 Å². The number of rotatable bonds is 6. The van der Waals surface area contributed by atoms with E-state index in [-0.39, 0.29) is 16.3 Å². The molecule has 0 atom stereocenters. The standard InChI is InChI=1S/C17H16N4O4S/c1-13-7-8-16(9-17(13)21(22)23)26(24,25)19-15-10-18-20(12-15)11-14-5-3-2-4-6-14/h2-10,12,19H,11H2,1H3. The number of aromatic nitrogens is 2. The van der Waals surface area contributed by atoms with Crippen LogP contribution in [0.1, 0.15) is 11.1 Å². The van der Waals surface area contributed by atoms with Crippen molar-refractivity contribution >= 4 is 21.4 Å². The summed E-state index contributed by atoms with van der Waals surface area (Å²) in [6.07, 6.45) is 2.95. The summed E-state index contributed by atoms with van der Waals surface area (Å²) < 4.78 is 29.0. The molecule has 0 fully saturated rings. The minimum atomic E-state index is -3.95. The number of nitro benzene ring substituents is 1. The van der Waals surface area contributed by atoms with Crippen molar-refractivity contribution in [3.8, 4) is 0 Å². The molecule has 26 heavy (non-hydrogen) atoms. The molecule has 0 unspecified atom stereocenters. The van der Waals surface area contributed by atoms with E-state index in [1.165, 1.54) is 18.3 Å². The van der Waals surface area contributed by atoms with Gasteiger partial charge >= 0.3 is 0 Å². The minimum absolute atomic E-state index is 0.175. The molecule has 0 bridgehead atoms. The van der Waals surface area contributed by atoms with Gasteiger partial charge in [-0.15, -0.1) is 0 Å². The van der Waals surface area contributed by atoms with Crippen LogP contribution in [0.5, 0.6) is 0 Å². The molecule has 2 aromatic carbocycles. The average molecular weight is 372 g/mol. The van der Waals surface area contributed by atoms with Crippen molar-refractivity contribution in [2.75, 3.05) is 4.72 Å². The van der Waals surface area contributed by atoms with Crippen LogP contribution in [0.25, 0.3) is 0 Å². The maximum Gasteiger partial charge on any atom is 0.273 e.